The van der Waals surface area contributed by atoms with Crippen molar-refractivity contribution in [2.75, 3.05) is 0 Å². The molecule has 0 N–H and O–H groups in total. The summed E-state index contributed by atoms with van der Waals surface area (Å²) >= 11 is 2.98. The maximum absolute atomic E-state index is 13.7. The first-order valence-corrected chi connectivity index (χ1v) is 6.29. The summed E-state index contributed by atoms with van der Waals surface area (Å²) in [5.74, 6) is -1.37. The van der Waals surface area contributed by atoms with Gasteiger partial charge in [0.05, 0.1) is 10.0 Å². The van der Waals surface area contributed by atoms with Crippen molar-refractivity contribution in [3.8, 4) is 5.75 Å². The summed E-state index contributed by atoms with van der Waals surface area (Å²) in [6.45, 7) is 1.40. The van der Waals surface area contributed by atoms with E-state index in [-0.39, 0.29) is 22.5 Å². The van der Waals surface area contributed by atoms with Gasteiger partial charge in [-0.3, -0.25) is 0 Å². The lowest BCUT2D eigenvalue weighted by atomic mass is 10.2. The lowest BCUT2D eigenvalue weighted by Gasteiger charge is -2.11. The summed E-state index contributed by atoms with van der Waals surface area (Å²) in [6, 6.07) is 6.40. The fourth-order valence-electron chi connectivity index (χ4n) is 1.63. The van der Waals surface area contributed by atoms with Crippen molar-refractivity contribution in [2.24, 2.45) is 0 Å². The third-order valence-electron chi connectivity index (χ3n) is 2.65. The highest BCUT2D eigenvalue weighted by molar-refractivity contribution is 9.10. The lowest BCUT2D eigenvalue weighted by molar-refractivity contribution is 0.290. The molecule has 100 valence electrons. The first-order chi connectivity index (χ1) is 8.99. The summed E-state index contributed by atoms with van der Waals surface area (Å²) in [5, 5.41) is 0. The van der Waals surface area contributed by atoms with Gasteiger partial charge in [0.15, 0.2) is 0 Å². The monoisotopic (exact) mass is 330 g/mol. The van der Waals surface area contributed by atoms with Gasteiger partial charge in [-0.05, 0) is 58.7 Å². The van der Waals surface area contributed by atoms with Crippen LogP contribution in [0.2, 0.25) is 0 Å². The van der Waals surface area contributed by atoms with Gasteiger partial charge in [0.2, 0.25) is 0 Å². The van der Waals surface area contributed by atoms with Crippen LogP contribution in [0.15, 0.2) is 34.8 Å². The smallest absolute Gasteiger partial charge is 0.146 e. The van der Waals surface area contributed by atoms with Crippen LogP contribution in [0.3, 0.4) is 0 Å². The summed E-state index contributed by atoms with van der Waals surface area (Å²) in [5.41, 5.74) is 0.397. The zero-order chi connectivity index (χ0) is 14.0. The van der Waals surface area contributed by atoms with E-state index in [2.05, 4.69) is 15.9 Å². The average molecular weight is 331 g/mol. The third kappa shape index (κ3) is 3.10. The Labute approximate surface area is 117 Å². The second-order valence-electron chi connectivity index (χ2n) is 4.02. The Balaban J connectivity index is 2.21. The van der Waals surface area contributed by atoms with Crippen LogP contribution in [0.25, 0.3) is 0 Å². The summed E-state index contributed by atoms with van der Waals surface area (Å²) in [4.78, 5) is 0. The number of halogens is 4. The van der Waals surface area contributed by atoms with E-state index in [1.165, 1.54) is 24.3 Å². The van der Waals surface area contributed by atoms with Gasteiger partial charge < -0.3 is 4.74 Å². The van der Waals surface area contributed by atoms with E-state index in [0.29, 0.717) is 11.3 Å². The number of benzene rings is 2. The molecule has 0 atom stereocenters. The molecule has 0 aliphatic rings. The highest BCUT2D eigenvalue weighted by Gasteiger charge is 2.13. The van der Waals surface area contributed by atoms with E-state index >= 15 is 0 Å². The minimum absolute atomic E-state index is 0.168. The van der Waals surface area contributed by atoms with Gasteiger partial charge in [-0.2, -0.15) is 0 Å². The van der Waals surface area contributed by atoms with Gasteiger partial charge >= 0.3 is 0 Å². The van der Waals surface area contributed by atoms with Gasteiger partial charge in [0.25, 0.3) is 0 Å². The maximum atomic E-state index is 13.7. The zero-order valence-corrected chi connectivity index (χ0v) is 11.6. The molecule has 0 aliphatic heterocycles. The summed E-state index contributed by atoms with van der Waals surface area (Å²) in [7, 11) is 0. The normalized spacial score (nSPS) is 10.6. The quantitative estimate of drug-likeness (QED) is 0.737. The number of rotatable bonds is 3. The summed E-state index contributed by atoms with van der Waals surface area (Å²) in [6.07, 6.45) is 0. The molecule has 0 amide bonds. The second-order valence-corrected chi connectivity index (χ2v) is 4.87. The minimum Gasteiger partial charge on any atom is -0.488 e. The lowest BCUT2D eigenvalue weighted by Crippen LogP contribution is -2.03. The molecule has 1 nitrogen and oxygen atoms in total. The van der Waals surface area contributed by atoms with Crippen LogP contribution in [0.4, 0.5) is 13.2 Å². The number of ether oxygens (including phenoxy) is 1. The molecule has 19 heavy (non-hydrogen) atoms. The minimum atomic E-state index is -0.695. The van der Waals surface area contributed by atoms with Crippen molar-refractivity contribution in [1.29, 1.82) is 0 Å². The number of aryl methyl sites for hydroxylation is 1. The van der Waals surface area contributed by atoms with Crippen LogP contribution in [0, 0.1) is 24.4 Å². The Kier molecular flexibility index (Phi) is 4.14. The fraction of sp³-hybridized carbons (Fsp3) is 0.143. The van der Waals surface area contributed by atoms with Gasteiger partial charge in [-0.1, -0.05) is 0 Å². The molecule has 0 heterocycles. The van der Waals surface area contributed by atoms with Gasteiger partial charge in [0.1, 0.15) is 29.8 Å². The van der Waals surface area contributed by atoms with Crippen LogP contribution < -0.4 is 4.74 Å². The van der Waals surface area contributed by atoms with E-state index in [9.17, 15) is 13.2 Å². The Morgan fingerprint density at radius 3 is 2.53 bits per heavy atom. The van der Waals surface area contributed by atoms with Crippen LogP contribution in [-0.4, -0.2) is 0 Å². The van der Waals surface area contributed by atoms with Crippen LogP contribution in [0.5, 0.6) is 5.75 Å². The van der Waals surface area contributed by atoms with Crippen molar-refractivity contribution >= 4 is 15.9 Å². The third-order valence-corrected chi connectivity index (χ3v) is 3.26. The van der Waals surface area contributed by atoms with Crippen molar-refractivity contribution in [1.82, 2.24) is 0 Å². The molecule has 0 aliphatic carbocycles. The summed E-state index contributed by atoms with van der Waals surface area (Å²) < 4.78 is 45.6. The molecule has 2 rings (SSSR count). The molecule has 0 saturated heterocycles. The zero-order valence-electron chi connectivity index (χ0n) is 10.0. The molecule has 0 unspecified atom stereocenters. The van der Waals surface area contributed by atoms with Crippen molar-refractivity contribution in [3.63, 3.8) is 0 Å². The fourth-order valence-corrected chi connectivity index (χ4v) is 2.00. The van der Waals surface area contributed by atoms with Crippen molar-refractivity contribution in [3.05, 3.63) is 63.4 Å². The molecular formula is C14H10BrF3O. The predicted molar refractivity (Wildman–Crippen MR) is 69.5 cm³/mol. The second kappa shape index (κ2) is 5.65. The Hall–Kier alpha value is -1.49. The Morgan fingerprint density at radius 2 is 1.84 bits per heavy atom. The molecule has 0 spiro atoms. The van der Waals surface area contributed by atoms with Crippen molar-refractivity contribution in [2.45, 2.75) is 13.5 Å². The molecule has 0 radical (unpaired) electrons. The predicted octanol–water partition coefficient (Wildman–Crippen LogP) is 4.75. The highest BCUT2D eigenvalue weighted by atomic mass is 79.9. The van der Waals surface area contributed by atoms with Crippen molar-refractivity contribution < 1.29 is 17.9 Å². The molecular weight excluding hydrogens is 321 g/mol. The maximum Gasteiger partial charge on any atom is 0.146 e. The molecule has 5 heteroatoms. The number of hydrogen-bond acceptors (Lipinski definition) is 1. The highest BCUT2D eigenvalue weighted by Crippen LogP contribution is 2.24. The molecule has 0 aromatic heterocycles. The van der Waals surface area contributed by atoms with E-state index < -0.39 is 11.6 Å². The average Bonchev–Trinajstić information content (AvgIpc) is 2.36. The van der Waals surface area contributed by atoms with E-state index in [0.717, 1.165) is 6.07 Å². The molecule has 0 fully saturated rings. The van der Waals surface area contributed by atoms with Gasteiger partial charge in [-0.25, -0.2) is 13.2 Å². The van der Waals surface area contributed by atoms with E-state index in [1.807, 2.05) is 0 Å². The van der Waals surface area contributed by atoms with Gasteiger partial charge in [0, 0.05) is 0 Å². The van der Waals surface area contributed by atoms with Gasteiger partial charge in [-0.15, -0.1) is 0 Å². The molecule has 0 bridgehead atoms. The molecule has 0 saturated carbocycles. The molecule has 2 aromatic rings. The topological polar surface area (TPSA) is 9.23 Å². The van der Waals surface area contributed by atoms with Crippen LogP contribution >= 0.6 is 15.9 Å². The first kappa shape index (κ1) is 13.9. The largest absolute Gasteiger partial charge is 0.488 e. The molecule has 2 aromatic carbocycles. The van der Waals surface area contributed by atoms with Crippen LogP contribution in [0.1, 0.15) is 11.1 Å². The SMILES string of the molecule is Cc1cc(F)ccc1OCc1c(F)ccc(Br)c1F. The Morgan fingerprint density at radius 1 is 1.11 bits per heavy atom. The standard InChI is InChI=1S/C14H10BrF3O/c1-8-6-9(16)2-5-13(8)19-7-10-12(17)4-3-11(15)14(10)18/h2-6H,7H2,1H3. The Bertz CT molecular complexity index is 614. The van der Waals surface area contributed by atoms with E-state index in [1.54, 1.807) is 6.92 Å². The van der Waals surface area contributed by atoms with E-state index in [4.69, 9.17) is 4.74 Å². The van der Waals surface area contributed by atoms with Crippen LogP contribution in [-0.2, 0) is 6.61 Å². The number of hydrogen-bond donors (Lipinski definition) is 0. The first-order valence-electron chi connectivity index (χ1n) is 5.50.